The van der Waals surface area contributed by atoms with Gasteiger partial charge in [-0.3, -0.25) is 4.79 Å². The summed E-state index contributed by atoms with van der Waals surface area (Å²) >= 11 is 8.73. The van der Waals surface area contributed by atoms with Crippen LogP contribution in [-0.2, 0) is 0 Å². The Labute approximate surface area is 120 Å². The summed E-state index contributed by atoms with van der Waals surface area (Å²) in [6.45, 7) is 0. The van der Waals surface area contributed by atoms with Gasteiger partial charge in [-0.1, -0.05) is 11.6 Å². The minimum atomic E-state index is -0.889. The molecule has 0 unspecified atom stereocenters. The van der Waals surface area contributed by atoms with E-state index >= 15 is 0 Å². The first-order valence-corrected chi connectivity index (χ1v) is 6.22. The Morgan fingerprint density at radius 2 is 2.11 bits per heavy atom. The van der Waals surface area contributed by atoms with Gasteiger partial charge >= 0.3 is 0 Å². The maximum Gasteiger partial charge on any atom is 0.258 e. The molecule has 98 valence electrons. The number of hydrogen-bond donors (Lipinski definition) is 1. The van der Waals surface area contributed by atoms with E-state index in [1.54, 1.807) is 0 Å². The molecule has 1 aromatic carbocycles. The van der Waals surface area contributed by atoms with Crippen LogP contribution >= 0.6 is 27.5 Å². The highest BCUT2D eigenvalue weighted by Crippen LogP contribution is 2.27. The fraction of sp³-hybridized carbons (Fsp3) is 0. The van der Waals surface area contributed by atoms with Crippen LogP contribution in [0.15, 0.2) is 34.9 Å². The second-order valence-corrected chi connectivity index (χ2v) is 4.75. The highest BCUT2D eigenvalue weighted by molar-refractivity contribution is 9.10. The number of anilines is 1. The van der Waals surface area contributed by atoms with Crippen molar-refractivity contribution in [1.29, 1.82) is 0 Å². The van der Waals surface area contributed by atoms with Gasteiger partial charge in [0.05, 0.1) is 11.3 Å². The third-order valence-electron chi connectivity index (χ3n) is 2.25. The molecular formula is C12H6BrClF2N2O. The fourth-order valence-electron chi connectivity index (χ4n) is 1.40. The fourth-order valence-corrected chi connectivity index (χ4v) is 2.11. The number of pyridine rings is 1. The predicted molar refractivity (Wildman–Crippen MR) is 71.3 cm³/mol. The van der Waals surface area contributed by atoms with Gasteiger partial charge < -0.3 is 5.32 Å². The molecular weight excluding hydrogens is 341 g/mol. The molecule has 1 amide bonds. The van der Waals surface area contributed by atoms with Crippen LogP contribution in [0.3, 0.4) is 0 Å². The van der Waals surface area contributed by atoms with Crippen LogP contribution in [0.5, 0.6) is 0 Å². The standard InChI is InChI=1S/C12H6BrClF2N2O/c13-8-4-6(15)5-9(16)10(8)18-12(19)7-2-1-3-17-11(7)14/h1-5H,(H,18,19). The molecule has 0 saturated heterocycles. The molecule has 1 N–H and O–H groups in total. The van der Waals surface area contributed by atoms with E-state index < -0.39 is 17.5 Å². The zero-order valence-corrected chi connectivity index (χ0v) is 11.6. The summed E-state index contributed by atoms with van der Waals surface area (Å²) in [6, 6.07) is 4.69. The molecule has 0 atom stereocenters. The quantitative estimate of drug-likeness (QED) is 0.834. The van der Waals surface area contributed by atoms with E-state index in [4.69, 9.17) is 11.6 Å². The van der Waals surface area contributed by atoms with Crippen molar-refractivity contribution in [2.45, 2.75) is 0 Å². The third kappa shape index (κ3) is 3.08. The zero-order chi connectivity index (χ0) is 14.0. The highest BCUT2D eigenvalue weighted by Gasteiger charge is 2.16. The lowest BCUT2D eigenvalue weighted by Gasteiger charge is -2.09. The Morgan fingerprint density at radius 3 is 2.74 bits per heavy atom. The number of rotatable bonds is 2. The maximum absolute atomic E-state index is 13.6. The lowest BCUT2D eigenvalue weighted by molar-refractivity contribution is 0.102. The Morgan fingerprint density at radius 1 is 1.37 bits per heavy atom. The van der Waals surface area contributed by atoms with E-state index in [1.807, 2.05) is 0 Å². The van der Waals surface area contributed by atoms with E-state index in [-0.39, 0.29) is 20.9 Å². The van der Waals surface area contributed by atoms with Gasteiger partial charge in [-0.2, -0.15) is 0 Å². The number of hydrogen-bond acceptors (Lipinski definition) is 2. The van der Waals surface area contributed by atoms with Crippen LogP contribution in [-0.4, -0.2) is 10.9 Å². The third-order valence-corrected chi connectivity index (χ3v) is 3.18. The maximum atomic E-state index is 13.6. The minimum absolute atomic E-state index is 0.00126. The first-order chi connectivity index (χ1) is 8.99. The van der Waals surface area contributed by atoms with E-state index in [1.165, 1.54) is 18.3 Å². The number of nitrogens with one attached hydrogen (secondary N) is 1. The molecule has 1 heterocycles. The number of halogens is 4. The summed E-state index contributed by atoms with van der Waals surface area (Å²) in [7, 11) is 0. The molecule has 19 heavy (non-hydrogen) atoms. The van der Waals surface area contributed by atoms with Crippen LogP contribution in [0, 0.1) is 11.6 Å². The number of benzene rings is 1. The average molecular weight is 348 g/mol. The smallest absolute Gasteiger partial charge is 0.258 e. The van der Waals surface area contributed by atoms with Gasteiger partial charge in [0.2, 0.25) is 0 Å². The van der Waals surface area contributed by atoms with Gasteiger partial charge in [0.1, 0.15) is 11.0 Å². The van der Waals surface area contributed by atoms with Crippen LogP contribution < -0.4 is 5.32 Å². The first-order valence-electron chi connectivity index (χ1n) is 5.05. The second-order valence-electron chi connectivity index (χ2n) is 3.54. The number of carbonyl (C=O) groups is 1. The molecule has 0 aliphatic rings. The van der Waals surface area contributed by atoms with Gasteiger partial charge in [-0.15, -0.1) is 0 Å². The largest absolute Gasteiger partial charge is 0.318 e. The molecule has 3 nitrogen and oxygen atoms in total. The summed E-state index contributed by atoms with van der Waals surface area (Å²) in [5.74, 6) is -2.27. The van der Waals surface area contributed by atoms with Gasteiger partial charge in [-0.05, 0) is 34.1 Å². The van der Waals surface area contributed by atoms with Crippen LogP contribution in [0.2, 0.25) is 5.15 Å². The van der Waals surface area contributed by atoms with Crippen molar-refractivity contribution in [2.24, 2.45) is 0 Å². The van der Waals surface area contributed by atoms with E-state index in [2.05, 4.69) is 26.2 Å². The van der Waals surface area contributed by atoms with E-state index in [0.717, 1.165) is 6.07 Å². The van der Waals surface area contributed by atoms with E-state index in [9.17, 15) is 13.6 Å². The lowest BCUT2D eigenvalue weighted by atomic mass is 10.2. The van der Waals surface area contributed by atoms with Crippen molar-refractivity contribution in [2.75, 3.05) is 5.32 Å². The first kappa shape index (κ1) is 13.9. The van der Waals surface area contributed by atoms with Crippen LogP contribution in [0.25, 0.3) is 0 Å². The van der Waals surface area contributed by atoms with Gasteiger partial charge in [-0.25, -0.2) is 13.8 Å². The number of amides is 1. The predicted octanol–water partition coefficient (Wildman–Crippen LogP) is 4.03. The van der Waals surface area contributed by atoms with Crippen molar-refractivity contribution in [3.63, 3.8) is 0 Å². The molecule has 7 heteroatoms. The van der Waals surface area contributed by atoms with Crippen molar-refractivity contribution in [3.05, 3.63) is 57.3 Å². The molecule has 0 saturated carbocycles. The van der Waals surface area contributed by atoms with Gasteiger partial charge in [0.25, 0.3) is 5.91 Å². The zero-order valence-electron chi connectivity index (χ0n) is 9.25. The van der Waals surface area contributed by atoms with Crippen molar-refractivity contribution in [3.8, 4) is 0 Å². The number of nitrogens with zero attached hydrogens (tertiary/aromatic N) is 1. The van der Waals surface area contributed by atoms with Crippen LogP contribution in [0.1, 0.15) is 10.4 Å². The summed E-state index contributed by atoms with van der Waals surface area (Å²) in [6.07, 6.45) is 1.42. The Bertz CT molecular complexity index is 628. The number of carbonyl (C=O) groups excluding carboxylic acids is 1. The van der Waals surface area contributed by atoms with Crippen molar-refractivity contribution < 1.29 is 13.6 Å². The topological polar surface area (TPSA) is 42.0 Å². The monoisotopic (exact) mass is 346 g/mol. The minimum Gasteiger partial charge on any atom is -0.318 e. The molecule has 0 fully saturated rings. The summed E-state index contributed by atoms with van der Waals surface area (Å²) < 4.78 is 26.6. The number of aromatic nitrogens is 1. The second kappa shape index (κ2) is 5.63. The molecule has 1 aromatic heterocycles. The normalized spacial score (nSPS) is 10.3. The molecule has 0 radical (unpaired) electrons. The van der Waals surface area contributed by atoms with Crippen LogP contribution in [0.4, 0.5) is 14.5 Å². The summed E-state index contributed by atoms with van der Waals surface area (Å²) in [5, 5.41) is 2.31. The molecule has 0 bridgehead atoms. The van der Waals surface area contributed by atoms with Gasteiger partial charge in [0.15, 0.2) is 5.82 Å². The SMILES string of the molecule is O=C(Nc1c(F)cc(F)cc1Br)c1cccnc1Cl. The average Bonchev–Trinajstić information content (AvgIpc) is 2.34. The van der Waals surface area contributed by atoms with E-state index in [0.29, 0.717) is 6.07 Å². The Balaban J connectivity index is 2.32. The Hall–Kier alpha value is -1.53. The lowest BCUT2D eigenvalue weighted by Crippen LogP contribution is -2.14. The molecule has 0 aliphatic carbocycles. The summed E-state index contributed by atoms with van der Waals surface area (Å²) in [4.78, 5) is 15.6. The van der Waals surface area contributed by atoms with Crippen molar-refractivity contribution >= 4 is 39.1 Å². The Kier molecular flexibility index (Phi) is 4.11. The highest BCUT2D eigenvalue weighted by atomic mass is 79.9. The molecule has 0 spiro atoms. The van der Waals surface area contributed by atoms with Crippen molar-refractivity contribution in [1.82, 2.24) is 4.98 Å². The molecule has 0 aliphatic heterocycles. The van der Waals surface area contributed by atoms with Gasteiger partial charge in [0, 0.05) is 16.7 Å². The summed E-state index contributed by atoms with van der Waals surface area (Å²) in [5.41, 5.74) is -0.0638. The molecule has 2 rings (SSSR count). The molecule has 2 aromatic rings.